The minimum atomic E-state index is -0.482. The highest BCUT2D eigenvalue weighted by Gasteiger charge is 2.27. The van der Waals surface area contributed by atoms with Gasteiger partial charge in [0.2, 0.25) is 0 Å². The predicted octanol–water partition coefficient (Wildman–Crippen LogP) is 1.64. The number of amides is 1. The number of carbonyl (C=O) groups excluding carboxylic acids is 1. The monoisotopic (exact) mass is 247 g/mol. The van der Waals surface area contributed by atoms with Crippen LogP contribution in [0.1, 0.15) is 34.6 Å². The van der Waals surface area contributed by atoms with E-state index < -0.39 is 5.60 Å². The molecule has 0 aromatic rings. The summed E-state index contributed by atoms with van der Waals surface area (Å²) < 4.78 is 10.5. The average molecular weight is 247 g/mol. The van der Waals surface area contributed by atoms with Crippen molar-refractivity contribution in [3.05, 3.63) is 0 Å². The van der Waals surface area contributed by atoms with Crippen molar-refractivity contribution in [2.45, 2.75) is 46.3 Å². The number of rotatable bonds is 1. The van der Waals surface area contributed by atoms with Gasteiger partial charge in [0.15, 0.2) is 0 Å². The Hall–Kier alpha value is -0.810. The summed E-state index contributed by atoms with van der Waals surface area (Å²) in [6.45, 7) is 10.8. The fourth-order valence-corrected chi connectivity index (χ4v) is 1.32. The van der Waals surface area contributed by atoms with E-state index in [0.29, 0.717) is 19.7 Å². The lowest BCUT2D eigenvalue weighted by Crippen LogP contribution is -2.48. The average Bonchev–Trinajstić information content (AvgIpc) is 2.29. The third-order valence-corrected chi connectivity index (χ3v) is 1.99. The van der Waals surface area contributed by atoms with Crippen LogP contribution in [0.25, 0.3) is 0 Å². The van der Waals surface area contributed by atoms with Gasteiger partial charge < -0.3 is 19.5 Å². The Morgan fingerprint density at radius 3 is 2.53 bits per heavy atom. The quantitative estimate of drug-likeness (QED) is 0.765. The zero-order chi connectivity index (χ0) is 13.5. The first kappa shape index (κ1) is 16.2. The van der Waals surface area contributed by atoms with Crippen LogP contribution in [0.2, 0.25) is 0 Å². The number of morpholine rings is 1. The van der Waals surface area contributed by atoms with E-state index in [4.69, 9.17) is 14.6 Å². The van der Waals surface area contributed by atoms with Gasteiger partial charge in [-0.1, -0.05) is 13.8 Å². The second-order valence-electron chi connectivity index (χ2n) is 4.60. The molecular formula is C12H25NO4. The molecule has 102 valence electrons. The molecule has 0 saturated carbocycles. The van der Waals surface area contributed by atoms with Crippen molar-refractivity contribution in [2.75, 3.05) is 26.3 Å². The number of aliphatic hydroxyl groups is 1. The zero-order valence-corrected chi connectivity index (χ0v) is 11.5. The minimum Gasteiger partial charge on any atom is -0.444 e. The Morgan fingerprint density at radius 1 is 1.47 bits per heavy atom. The molecule has 5 heteroatoms. The molecule has 1 saturated heterocycles. The van der Waals surface area contributed by atoms with Crippen LogP contribution in [0.4, 0.5) is 4.79 Å². The summed E-state index contributed by atoms with van der Waals surface area (Å²) in [7, 11) is 0. The highest BCUT2D eigenvalue weighted by atomic mass is 16.6. The molecule has 1 amide bonds. The Bertz CT molecular complexity index is 225. The fourth-order valence-electron chi connectivity index (χ4n) is 1.32. The van der Waals surface area contributed by atoms with Crippen molar-refractivity contribution in [1.29, 1.82) is 0 Å². The molecular weight excluding hydrogens is 222 g/mol. The van der Waals surface area contributed by atoms with E-state index in [0.717, 1.165) is 0 Å². The van der Waals surface area contributed by atoms with Crippen molar-refractivity contribution in [3.63, 3.8) is 0 Å². The predicted molar refractivity (Wildman–Crippen MR) is 66.0 cm³/mol. The van der Waals surface area contributed by atoms with Gasteiger partial charge in [-0.3, -0.25) is 0 Å². The van der Waals surface area contributed by atoms with E-state index in [1.165, 1.54) is 0 Å². The standard InChI is InChI=1S/C10H19NO4.C2H6/c1-10(2,3)15-9(13)11-4-5-14-8(6-11)7-12;1-2/h8,12H,4-7H2,1-3H3;1-2H3. The van der Waals surface area contributed by atoms with Gasteiger partial charge >= 0.3 is 6.09 Å². The van der Waals surface area contributed by atoms with Crippen LogP contribution in [0.3, 0.4) is 0 Å². The Morgan fingerprint density at radius 2 is 2.06 bits per heavy atom. The van der Waals surface area contributed by atoms with E-state index >= 15 is 0 Å². The van der Waals surface area contributed by atoms with Crippen LogP contribution >= 0.6 is 0 Å². The molecule has 1 rings (SSSR count). The van der Waals surface area contributed by atoms with E-state index in [1.54, 1.807) is 4.90 Å². The second kappa shape index (κ2) is 7.50. The Kier molecular flexibility index (Phi) is 7.15. The van der Waals surface area contributed by atoms with Gasteiger partial charge in [-0.05, 0) is 20.8 Å². The normalized spacial score (nSPS) is 20.4. The van der Waals surface area contributed by atoms with Crippen LogP contribution in [0, 0.1) is 0 Å². The lowest BCUT2D eigenvalue weighted by atomic mass is 10.2. The maximum Gasteiger partial charge on any atom is 0.410 e. The van der Waals surface area contributed by atoms with Crippen molar-refractivity contribution < 1.29 is 19.4 Å². The van der Waals surface area contributed by atoms with Crippen molar-refractivity contribution >= 4 is 6.09 Å². The Balaban J connectivity index is 0.00000121. The SMILES string of the molecule is CC.CC(C)(C)OC(=O)N1CCOC(CO)C1. The van der Waals surface area contributed by atoms with Gasteiger partial charge in [0.25, 0.3) is 0 Å². The number of ether oxygens (including phenoxy) is 2. The molecule has 1 fully saturated rings. The molecule has 1 aliphatic heterocycles. The maximum absolute atomic E-state index is 11.6. The third-order valence-electron chi connectivity index (χ3n) is 1.99. The van der Waals surface area contributed by atoms with Gasteiger partial charge in [0.05, 0.1) is 25.9 Å². The topological polar surface area (TPSA) is 59.0 Å². The molecule has 0 spiro atoms. The van der Waals surface area contributed by atoms with Crippen LogP contribution in [-0.2, 0) is 9.47 Å². The second-order valence-corrected chi connectivity index (χ2v) is 4.60. The van der Waals surface area contributed by atoms with Gasteiger partial charge in [0, 0.05) is 6.54 Å². The number of aliphatic hydroxyl groups excluding tert-OH is 1. The molecule has 5 nitrogen and oxygen atoms in total. The number of hydrogen-bond donors (Lipinski definition) is 1. The van der Waals surface area contributed by atoms with Crippen molar-refractivity contribution in [3.8, 4) is 0 Å². The number of nitrogens with zero attached hydrogens (tertiary/aromatic N) is 1. The fraction of sp³-hybridized carbons (Fsp3) is 0.917. The summed E-state index contributed by atoms with van der Waals surface area (Å²) in [6, 6.07) is 0. The highest BCUT2D eigenvalue weighted by Crippen LogP contribution is 2.12. The van der Waals surface area contributed by atoms with Crippen LogP contribution in [0.15, 0.2) is 0 Å². The van der Waals surface area contributed by atoms with E-state index in [-0.39, 0.29) is 18.8 Å². The summed E-state index contributed by atoms with van der Waals surface area (Å²) in [6.07, 6.45) is -0.629. The largest absolute Gasteiger partial charge is 0.444 e. The first-order chi connectivity index (χ1) is 7.92. The van der Waals surface area contributed by atoms with Crippen molar-refractivity contribution in [2.24, 2.45) is 0 Å². The smallest absolute Gasteiger partial charge is 0.410 e. The lowest BCUT2D eigenvalue weighted by molar-refractivity contribution is -0.0593. The summed E-state index contributed by atoms with van der Waals surface area (Å²) in [5.41, 5.74) is -0.482. The number of hydrogen-bond acceptors (Lipinski definition) is 4. The maximum atomic E-state index is 11.6. The van der Waals surface area contributed by atoms with Crippen LogP contribution in [-0.4, -0.2) is 54.1 Å². The van der Waals surface area contributed by atoms with E-state index in [2.05, 4.69) is 0 Å². The first-order valence-electron chi connectivity index (χ1n) is 6.13. The van der Waals surface area contributed by atoms with Gasteiger partial charge in [-0.2, -0.15) is 0 Å². The highest BCUT2D eigenvalue weighted by molar-refractivity contribution is 5.68. The molecule has 0 radical (unpaired) electrons. The molecule has 0 aromatic carbocycles. The van der Waals surface area contributed by atoms with E-state index in [9.17, 15) is 4.79 Å². The van der Waals surface area contributed by atoms with Crippen LogP contribution < -0.4 is 0 Å². The Labute approximate surface area is 104 Å². The first-order valence-corrected chi connectivity index (χ1v) is 6.13. The molecule has 17 heavy (non-hydrogen) atoms. The lowest BCUT2D eigenvalue weighted by Gasteiger charge is -2.33. The van der Waals surface area contributed by atoms with Gasteiger partial charge in [0.1, 0.15) is 5.60 Å². The molecule has 0 bridgehead atoms. The van der Waals surface area contributed by atoms with Gasteiger partial charge in [-0.25, -0.2) is 4.79 Å². The van der Waals surface area contributed by atoms with Crippen LogP contribution in [0.5, 0.6) is 0 Å². The molecule has 1 unspecified atom stereocenters. The van der Waals surface area contributed by atoms with Gasteiger partial charge in [-0.15, -0.1) is 0 Å². The summed E-state index contributed by atoms with van der Waals surface area (Å²) in [4.78, 5) is 13.2. The summed E-state index contributed by atoms with van der Waals surface area (Å²) >= 11 is 0. The minimum absolute atomic E-state index is 0.0701. The molecule has 1 heterocycles. The third kappa shape index (κ3) is 6.48. The number of carbonyl (C=O) groups is 1. The van der Waals surface area contributed by atoms with Crippen molar-refractivity contribution in [1.82, 2.24) is 4.90 Å². The molecule has 1 N–H and O–H groups in total. The summed E-state index contributed by atoms with van der Waals surface area (Å²) in [5.74, 6) is 0. The van der Waals surface area contributed by atoms with E-state index in [1.807, 2.05) is 34.6 Å². The molecule has 0 aromatic heterocycles. The molecule has 0 aliphatic carbocycles. The molecule has 1 atom stereocenters. The molecule has 1 aliphatic rings. The summed E-state index contributed by atoms with van der Waals surface area (Å²) in [5, 5.41) is 8.92. The zero-order valence-electron chi connectivity index (χ0n) is 11.5.